The molecule has 2 aromatic carbocycles. The number of ether oxygens (including phenoxy) is 5. The number of hydrogen-bond acceptors (Lipinski definition) is 6. The fraction of sp³-hybridized carbons (Fsp3) is 0.567. The fourth-order valence-corrected chi connectivity index (χ4v) is 5.49. The molecule has 218 valence electrons. The highest BCUT2D eigenvalue weighted by Gasteiger charge is 2.58. The van der Waals surface area contributed by atoms with E-state index >= 15 is 0 Å². The highest BCUT2D eigenvalue weighted by atomic mass is 19.4. The van der Waals surface area contributed by atoms with Crippen LogP contribution < -0.4 is 10.1 Å². The average molecular weight is 564 g/mol. The number of rotatable bonds is 10. The van der Waals surface area contributed by atoms with Gasteiger partial charge in [-0.05, 0) is 62.8 Å². The van der Waals surface area contributed by atoms with Crippen LogP contribution in [-0.4, -0.2) is 48.5 Å². The van der Waals surface area contributed by atoms with E-state index < -0.39 is 36.1 Å². The van der Waals surface area contributed by atoms with Gasteiger partial charge in [0.25, 0.3) is 5.91 Å². The number of nitrogens with one attached hydrogen (secondary N) is 1. The van der Waals surface area contributed by atoms with Crippen molar-refractivity contribution in [2.45, 2.75) is 95.7 Å². The van der Waals surface area contributed by atoms with E-state index in [1.807, 2.05) is 45.0 Å². The van der Waals surface area contributed by atoms with Gasteiger partial charge in [0.15, 0.2) is 11.4 Å². The SMILES string of the molecule is Cc1cccc(CO[C@]2(C(=O)NCC3CC3)C[C@@H](OCc3cccc(OC(F)(F)F)c3)[C@@H]3OC(C)(C)O[C@@H]3C2)c1. The van der Waals surface area contributed by atoms with Crippen LogP contribution in [0.15, 0.2) is 48.5 Å². The summed E-state index contributed by atoms with van der Waals surface area (Å²) >= 11 is 0. The monoisotopic (exact) mass is 563 g/mol. The molecule has 0 aromatic heterocycles. The van der Waals surface area contributed by atoms with Gasteiger partial charge in [-0.25, -0.2) is 0 Å². The minimum Gasteiger partial charge on any atom is -0.406 e. The molecule has 1 amide bonds. The van der Waals surface area contributed by atoms with Crippen molar-refractivity contribution in [1.82, 2.24) is 5.32 Å². The Morgan fingerprint density at radius 1 is 1.02 bits per heavy atom. The molecule has 0 spiro atoms. The number of alkyl halides is 3. The lowest BCUT2D eigenvalue weighted by molar-refractivity contribution is -0.274. The predicted octanol–water partition coefficient (Wildman–Crippen LogP) is 5.57. The third-order valence-corrected chi connectivity index (χ3v) is 7.51. The molecule has 0 bridgehead atoms. The van der Waals surface area contributed by atoms with E-state index in [2.05, 4.69) is 10.1 Å². The van der Waals surface area contributed by atoms with Crippen molar-refractivity contribution in [2.75, 3.05) is 6.54 Å². The van der Waals surface area contributed by atoms with E-state index in [4.69, 9.17) is 18.9 Å². The topological polar surface area (TPSA) is 75.3 Å². The van der Waals surface area contributed by atoms with Gasteiger partial charge in [0.2, 0.25) is 0 Å². The van der Waals surface area contributed by atoms with Crippen molar-refractivity contribution in [1.29, 1.82) is 0 Å². The fourth-order valence-electron chi connectivity index (χ4n) is 5.49. The molecule has 2 aliphatic carbocycles. The summed E-state index contributed by atoms with van der Waals surface area (Å²) in [6, 6.07) is 13.6. The maximum Gasteiger partial charge on any atom is 0.573 e. The van der Waals surface area contributed by atoms with E-state index in [0.29, 0.717) is 18.0 Å². The third-order valence-electron chi connectivity index (χ3n) is 7.51. The maximum absolute atomic E-state index is 13.8. The predicted molar refractivity (Wildman–Crippen MR) is 139 cm³/mol. The van der Waals surface area contributed by atoms with Crippen LogP contribution in [0, 0.1) is 12.8 Å². The molecule has 1 saturated heterocycles. The summed E-state index contributed by atoms with van der Waals surface area (Å²) < 4.78 is 67.4. The first-order valence-corrected chi connectivity index (χ1v) is 13.7. The Hall–Kier alpha value is -2.66. The lowest BCUT2D eigenvalue weighted by Crippen LogP contribution is -2.60. The highest BCUT2D eigenvalue weighted by Crippen LogP contribution is 2.44. The minimum absolute atomic E-state index is 0.00954. The molecule has 1 aliphatic heterocycles. The average Bonchev–Trinajstić information content (AvgIpc) is 3.64. The van der Waals surface area contributed by atoms with Crippen LogP contribution in [0.3, 0.4) is 0 Å². The molecule has 2 aromatic rings. The van der Waals surface area contributed by atoms with E-state index in [-0.39, 0.29) is 37.7 Å². The summed E-state index contributed by atoms with van der Waals surface area (Å²) in [6.07, 6.45) is -3.68. The largest absolute Gasteiger partial charge is 0.573 e. The zero-order valence-corrected chi connectivity index (χ0v) is 23.0. The summed E-state index contributed by atoms with van der Waals surface area (Å²) in [5.41, 5.74) is 1.28. The van der Waals surface area contributed by atoms with E-state index in [1.165, 1.54) is 18.2 Å². The minimum atomic E-state index is -4.79. The molecule has 1 heterocycles. The number of amides is 1. The zero-order chi connectivity index (χ0) is 28.5. The van der Waals surface area contributed by atoms with Crippen LogP contribution in [0.2, 0.25) is 0 Å². The standard InChI is InChI=1S/C30H36F3NO6/c1-19-6-4-7-21(12-19)18-37-29(27(35)34-16-20-10-11-20)14-24(26-25(15-29)39-28(2,3)40-26)36-17-22-8-5-9-23(13-22)38-30(31,32)33/h4-9,12-13,20,24-26H,10-11,14-18H2,1-3H3,(H,34,35)/t24-,25-,26+,29-/m1/s1. The van der Waals surface area contributed by atoms with E-state index in [0.717, 1.165) is 24.0 Å². The van der Waals surface area contributed by atoms with Crippen LogP contribution in [0.1, 0.15) is 56.2 Å². The lowest BCUT2D eigenvalue weighted by Gasteiger charge is -2.43. The highest BCUT2D eigenvalue weighted by molar-refractivity contribution is 5.85. The van der Waals surface area contributed by atoms with Gasteiger partial charge in [-0.3, -0.25) is 4.79 Å². The summed E-state index contributed by atoms with van der Waals surface area (Å²) in [5.74, 6) is -0.952. The van der Waals surface area contributed by atoms with Crippen molar-refractivity contribution in [3.05, 3.63) is 65.2 Å². The van der Waals surface area contributed by atoms with Crippen LogP contribution in [0.4, 0.5) is 13.2 Å². The second kappa shape index (κ2) is 11.3. The third kappa shape index (κ3) is 7.34. The van der Waals surface area contributed by atoms with Crippen molar-refractivity contribution in [3.8, 4) is 5.75 Å². The number of hydrogen-bond donors (Lipinski definition) is 1. The van der Waals surface area contributed by atoms with E-state index in [9.17, 15) is 18.0 Å². The number of halogens is 3. The Balaban J connectivity index is 1.37. The van der Waals surface area contributed by atoms with Crippen LogP contribution in [0.25, 0.3) is 0 Å². The van der Waals surface area contributed by atoms with Gasteiger partial charge in [0.1, 0.15) is 11.9 Å². The first-order chi connectivity index (χ1) is 18.9. The quantitative estimate of drug-likeness (QED) is 0.407. The van der Waals surface area contributed by atoms with E-state index in [1.54, 1.807) is 6.07 Å². The summed E-state index contributed by atoms with van der Waals surface area (Å²) in [7, 11) is 0. The first-order valence-electron chi connectivity index (χ1n) is 13.7. The molecular weight excluding hydrogens is 527 g/mol. The van der Waals surface area contributed by atoms with Crippen molar-refractivity contribution < 1.29 is 41.7 Å². The number of benzene rings is 2. The summed E-state index contributed by atoms with van der Waals surface area (Å²) in [6.45, 7) is 6.42. The molecule has 5 rings (SSSR count). The second-order valence-electron chi connectivity index (χ2n) is 11.5. The molecule has 0 radical (unpaired) electrons. The number of fused-ring (bicyclic) bond motifs is 1. The van der Waals surface area contributed by atoms with Gasteiger partial charge in [0.05, 0.1) is 25.4 Å². The Bertz CT molecular complexity index is 1200. The molecule has 3 aliphatic rings. The lowest BCUT2D eigenvalue weighted by atomic mass is 9.78. The number of aryl methyl sites for hydroxylation is 1. The van der Waals surface area contributed by atoms with Crippen molar-refractivity contribution in [2.24, 2.45) is 5.92 Å². The molecule has 40 heavy (non-hydrogen) atoms. The Labute approximate surface area is 232 Å². The molecule has 10 heteroatoms. The maximum atomic E-state index is 13.8. The Morgan fingerprint density at radius 2 is 1.75 bits per heavy atom. The Kier molecular flexibility index (Phi) is 8.16. The molecule has 3 fully saturated rings. The van der Waals surface area contributed by atoms with Gasteiger partial charge in [-0.1, -0.05) is 42.0 Å². The normalized spacial score (nSPS) is 27.7. The van der Waals surface area contributed by atoms with Crippen LogP contribution in [-0.2, 0) is 37.0 Å². The smallest absolute Gasteiger partial charge is 0.406 e. The molecule has 1 N–H and O–H groups in total. The molecule has 0 unspecified atom stereocenters. The zero-order valence-electron chi connectivity index (χ0n) is 23.0. The first kappa shape index (κ1) is 28.9. The summed E-state index contributed by atoms with van der Waals surface area (Å²) in [5, 5.41) is 3.09. The van der Waals surface area contributed by atoms with Crippen LogP contribution in [0.5, 0.6) is 5.75 Å². The van der Waals surface area contributed by atoms with Gasteiger partial charge in [-0.2, -0.15) is 0 Å². The van der Waals surface area contributed by atoms with Crippen molar-refractivity contribution >= 4 is 5.91 Å². The molecule has 4 atom stereocenters. The molecular formula is C30H36F3NO6. The molecule has 2 saturated carbocycles. The van der Waals surface area contributed by atoms with Crippen LogP contribution >= 0.6 is 0 Å². The summed E-state index contributed by atoms with van der Waals surface area (Å²) in [4.78, 5) is 13.8. The van der Waals surface area contributed by atoms with Crippen molar-refractivity contribution in [3.63, 3.8) is 0 Å². The van der Waals surface area contributed by atoms with Gasteiger partial charge < -0.3 is 29.0 Å². The molecule has 7 nitrogen and oxygen atoms in total. The van der Waals surface area contributed by atoms with Gasteiger partial charge in [0, 0.05) is 19.4 Å². The Morgan fingerprint density at radius 3 is 2.45 bits per heavy atom. The van der Waals surface area contributed by atoms with Gasteiger partial charge in [-0.15, -0.1) is 13.2 Å². The number of carbonyl (C=O) groups excluding carboxylic acids is 1. The second-order valence-corrected chi connectivity index (χ2v) is 11.5. The van der Waals surface area contributed by atoms with Gasteiger partial charge >= 0.3 is 6.36 Å². The number of carbonyl (C=O) groups is 1.